The molecule has 0 fully saturated rings. The molecule has 0 heterocycles. The van der Waals surface area contributed by atoms with Crippen LogP contribution in [0.3, 0.4) is 0 Å². The van der Waals surface area contributed by atoms with Crippen molar-refractivity contribution in [2.75, 3.05) is 6.61 Å². The Labute approximate surface area is 190 Å². The van der Waals surface area contributed by atoms with Crippen LogP contribution in [0, 0.1) is 0 Å². The first-order valence-corrected chi connectivity index (χ1v) is 14.1. The van der Waals surface area contributed by atoms with E-state index in [4.69, 9.17) is 5.11 Å². The van der Waals surface area contributed by atoms with Gasteiger partial charge in [0, 0.05) is 0 Å². The molecule has 0 rings (SSSR count). The summed E-state index contributed by atoms with van der Waals surface area (Å²) in [5, 5.41) is 18.1. The summed E-state index contributed by atoms with van der Waals surface area (Å²) in [7, 11) is 0. The van der Waals surface area contributed by atoms with E-state index in [1.165, 1.54) is 148 Å². The predicted octanol–water partition coefficient (Wildman–Crippen LogP) is 9.11. The number of aliphatic hydroxyl groups is 2. The first-order chi connectivity index (χ1) is 14.8. The highest BCUT2D eigenvalue weighted by Crippen LogP contribution is 2.15. The summed E-state index contributed by atoms with van der Waals surface area (Å²) in [5.41, 5.74) is 0. The fourth-order valence-corrected chi connectivity index (χ4v) is 4.43. The lowest BCUT2D eigenvalue weighted by molar-refractivity contribution is 0.0860. The maximum atomic E-state index is 9.29. The van der Waals surface area contributed by atoms with Crippen LogP contribution in [-0.4, -0.2) is 22.9 Å². The van der Waals surface area contributed by atoms with Crippen LogP contribution in [0.4, 0.5) is 0 Å². The van der Waals surface area contributed by atoms with E-state index in [0.29, 0.717) is 0 Å². The van der Waals surface area contributed by atoms with E-state index in [1.807, 2.05) is 0 Å². The molecule has 1 atom stereocenters. The van der Waals surface area contributed by atoms with E-state index >= 15 is 0 Å². The van der Waals surface area contributed by atoms with Gasteiger partial charge in [-0.05, 0) is 6.42 Å². The van der Waals surface area contributed by atoms with Gasteiger partial charge < -0.3 is 10.2 Å². The summed E-state index contributed by atoms with van der Waals surface area (Å²) in [5.74, 6) is 0. The van der Waals surface area contributed by atoms with Gasteiger partial charge in [-0.2, -0.15) is 0 Å². The molecule has 0 aliphatic rings. The fourth-order valence-electron chi connectivity index (χ4n) is 4.43. The summed E-state index contributed by atoms with van der Waals surface area (Å²) >= 11 is 0. The van der Waals surface area contributed by atoms with Gasteiger partial charge in [-0.1, -0.05) is 161 Å². The molecule has 0 spiro atoms. The molecule has 0 saturated heterocycles. The summed E-state index contributed by atoms with van der Waals surface area (Å²) in [4.78, 5) is 0. The first kappa shape index (κ1) is 29.9. The highest BCUT2D eigenvalue weighted by atomic mass is 16.3. The number of aliphatic hydroxyl groups excluding tert-OH is 2. The minimum Gasteiger partial charge on any atom is -0.394 e. The van der Waals surface area contributed by atoms with Gasteiger partial charge in [-0.3, -0.25) is 0 Å². The zero-order chi connectivity index (χ0) is 22.0. The Kier molecular flexibility index (Phi) is 26.9. The Morgan fingerprint density at radius 3 is 0.867 bits per heavy atom. The molecule has 0 aromatic heterocycles. The normalized spacial score (nSPS) is 12.5. The Balaban J connectivity index is 3.00. The molecule has 0 radical (unpaired) electrons. The largest absolute Gasteiger partial charge is 0.394 e. The van der Waals surface area contributed by atoms with E-state index < -0.39 is 6.10 Å². The molecule has 0 aromatic carbocycles. The van der Waals surface area contributed by atoms with Gasteiger partial charge in [0.25, 0.3) is 0 Å². The lowest BCUT2D eigenvalue weighted by Gasteiger charge is -2.06. The van der Waals surface area contributed by atoms with Crippen molar-refractivity contribution in [3.8, 4) is 0 Å². The third kappa shape index (κ3) is 26.0. The summed E-state index contributed by atoms with van der Waals surface area (Å²) in [6.07, 6.45) is 34.1. The number of rotatable bonds is 26. The predicted molar refractivity (Wildman–Crippen MR) is 134 cm³/mol. The fraction of sp³-hybridized carbons (Fsp3) is 1.00. The van der Waals surface area contributed by atoms with Gasteiger partial charge in [0.1, 0.15) is 0 Å². The van der Waals surface area contributed by atoms with Gasteiger partial charge in [-0.15, -0.1) is 0 Å². The minimum absolute atomic E-state index is 0.0840. The van der Waals surface area contributed by atoms with Crippen molar-refractivity contribution in [2.45, 2.75) is 174 Å². The second-order valence-corrected chi connectivity index (χ2v) is 9.76. The van der Waals surface area contributed by atoms with E-state index in [2.05, 4.69) is 6.92 Å². The number of hydrogen-bond acceptors (Lipinski definition) is 2. The molecule has 0 saturated carbocycles. The van der Waals surface area contributed by atoms with Gasteiger partial charge in [0.15, 0.2) is 0 Å². The third-order valence-corrected chi connectivity index (χ3v) is 6.60. The summed E-state index contributed by atoms with van der Waals surface area (Å²) in [6, 6.07) is 0. The van der Waals surface area contributed by atoms with Crippen molar-refractivity contribution in [2.24, 2.45) is 0 Å². The van der Waals surface area contributed by atoms with E-state index in [-0.39, 0.29) is 6.61 Å². The van der Waals surface area contributed by atoms with Crippen molar-refractivity contribution in [1.82, 2.24) is 0 Å². The third-order valence-electron chi connectivity index (χ3n) is 6.60. The van der Waals surface area contributed by atoms with E-state index in [0.717, 1.165) is 12.8 Å². The molecule has 2 heteroatoms. The monoisotopic (exact) mass is 426 g/mol. The van der Waals surface area contributed by atoms with Crippen LogP contribution in [0.1, 0.15) is 167 Å². The smallest absolute Gasteiger partial charge is 0.0770 e. The Hall–Kier alpha value is -0.0800. The molecule has 0 aliphatic carbocycles. The maximum Gasteiger partial charge on any atom is 0.0770 e. The number of hydrogen-bond donors (Lipinski definition) is 2. The van der Waals surface area contributed by atoms with E-state index in [1.54, 1.807) is 0 Å². The van der Waals surface area contributed by atoms with Gasteiger partial charge >= 0.3 is 0 Å². The van der Waals surface area contributed by atoms with Crippen LogP contribution in [0.25, 0.3) is 0 Å². The van der Waals surface area contributed by atoms with Crippen molar-refractivity contribution >= 4 is 0 Å². The van der Waals surface area contributed by atoms with Crippen LogP contribution in [0.15, 0.2) is 0 Å². The molecule has 30 heavy (non-hydrogen) atoms. The van der Waals surface area contributed by atoms with E-state index in [9.17, 15) is 5.11 Å². The Morgan fingerprint density at radius 2 is 0.633 bits per heavy atom. The van der Waals surface area contributed by atoms with Crippen LogP contribution in [0.5, 0.6) is 0 Å². The molecular formula is C28H58O2. The standard InChI is InChI=1S/C28H58O2/c1-2-3-4-5-6-7-8-9-10-11-12-13-14-15-16-17-18-19-20-21-22-23-24-25-26-28(30)27-29/h28-30H,2-27H2,1H3/t28-/m1/s1. The zero-order valence-electron chi connectivity index (χ0n) is 20.9. The summed E-state index contributed by atoms with van der Waals surface area (Å²) in [6.45, 7) is 2.21. The quantitative estimate of drug-likeness (QED) is 0.135. The van der Waals surface area contributed by atoms with Crippen LogP contribution < -0.4 is 0 Å². The molecular weight excluding hydrogens is 368 g/mol. The van der Waals surface area contributed by atoms with Crippen LogP contribution in [0.2, 0.25) is 0 Å². The topological polar surface area (TPSA) is 40.5 Å². The molecule has 0 aliphatic heterocycles. The van der Waals surface area contributed by atoms with Crippen molar-refractivity contribution in [3.05, 3.63) is 0 Å². The molecule has 0 aromatic rings. The minimum atomic E-state index is -0.496. The average Bonchev–Trinajstić information content (AvgIpc) is 2.76. The first-order valence-electron chi connectivity index (χ1n) is 14.1. The average molecular weight is 427 g/mol. The molecule has 2 N–H and O–H groups in total. The van der Waals surface area contributed by atoms with Gasteiger partial charge in [-0.25, -0.2) is 0 Å². The maximum absolute atomic E-state index is 9.29. The van der Waals surface area contributed by atoms with Crippen molar-refractivity contribution < 1.29 is 10.2 Å². The molecule has 0 amide bonds. The Bertz CT molecular complexity index is 292. The zero-order valence-corrected chi connectivity index (χ0v) is 20.9. The lowest BCUT2D eigenvalue weighted by atomic mass is 10.0. The lowest BCUT2D eigenvalue weighted by Crippen LogP contribution is -2.10. The number of unbranched alkanes of at least 4 members (excludes halogenated alkanes) is 23. The molecule has 0 unspecified atom stereocenters. The second kappa shape index (κ2) is 27.0. The van der Waals surface area contributed by atoms with Crippen molar-refractivity contribution in [1.29, 1.82) is 0 Å². The highest BCUT2D eigenvalue weighted by Gasteiger charge is 2.00. The summed E-state index contributed by atoms with van der Waals surface area (Å²) < 4.78 is 0. The highest BCUT2D eigenvalue weighted by molar-refractivity contribution is 4.54. The molecule has 0 bridgehead atoms. The van der Waals surface area contributed by atoms with Crippen molar-refractivity contribution in [3.63, 3.8) is 0 Å². The van der Waals surface area contributed by atoms with Crippen LogP contribution in [-0.2, 0) is 0 Å². The second-order valence-electron chi connectivity index (χ2n) is 9.76. The van der Waals surface area contributed by atoms with Crippen LogP contribution >= 0.6 is 0 Å². The Morgan fingerprint density at radius 1 is 0.400 bits per heavy atom. The van der Waals surface area contributed by atoms with Gasteiger partial charge in [0.05, 0.1) is 12.7 Å². The van der Waals surface area contributed by atoms with Gasteiger partial charge in [0.2, 0.25) is 0 Å². The molecule has 182 valence electrons. The molecule has 2 nitrogen and oxygen atoms in total. The SMILES string of the molecule is CCCCCCCCCCCCCCCCCCCCCCCCCC[C@@H](O)CO.